The summed E-state index contributed by atoms with van der Waals surface area (Å²) in [5.41, 5.74) is 4.29. The van der Waals surface area contributed by atoms with Crippen molar-refractivity contribution in [1.82, 2.24) is 0 Å². The molecule has 0 aromatic heterocycles. The van der Waals surface area contributed by atoms with Crippen LogP contribution in [0.4, 0.5) is 105 Å². The molecule has 21 nitrogen and oxygen atoms in total. The first-order chi connectivity index (χ1) is 53.3. The van der Waals surface area contributed by atoms with Crippen molar-refractivity contribution in [2.75, 3.05) is 24.5 Å². The van der Waals surface area contributed by atoms with Crippen LogP contribution in [0.2, 0.25) is 0 Å². The number of aryl methyl sites for hydroxylation is 4. The van der Waals surface area contributed by atoms with Gasteiger partial charge < -0.3 is 54.3 Å². The SMILES string of the molecule is C.CC(=O)N1c2cc(F)c(C)c(F)c2Oc2c1cc(F)c(O)c2F.CC(=O)N1c2cc(F)c(C)cc2Oc2cc(O)c(F)cc21.CC(=O)N1c2cc(F)c(O)cc2Oc2cc(O)c(-c3ccc(C)cc3)cc21.CC(=O)N1c2ccc(C)c(F)c2Oc2c1ccc(O)c2F.CC(=O)N1c2ccc(C)cc2Oc2c1cc(F)c(O)c2F. The fourth-order valence-corrected chi connectivity index (χ4v) is 12.4. The molecule has 6 N–H and O–H groups in total. The number of ether oxygens (including phenoxy) is 5. The average Bonchev–Trinajstić information content (AvgIpc) is 1.34. The number of phenolic OH excluding ortho intramolecular Hbond substituents is 6. The highest BCUT2D eigenvalue weighted by atomic mass is 19.2. The van der Waals surface area contributed by atoms with Gasteiger partial charge in [0.1, 0.15) is 17.4 Å². The normalized spacial score (nSPS) is 12.3. The van der Waals surface area contributed by atoms with E-state index in [1.165, 1.54) is 75.9 Å². The third-order valence-electron chi connectivity index (χ3n) is 17.9. The summed E-state index contributed by atoms with van der Waals surface area (Å²) in [6, 6.07) is 30.3. The zero-order valence-corrected chi connectivity index (χ0v) is 60.4. The van der Waals surface area contributed by atoms with E-state index >= 15 is 0 Å². The van der Waals surface area contributed by atoms with Crippen LogP contribution in [0, 0.1) is 98.6 Å². The third kappa shape index (κ3) is 14.6. The fourth-order valence-electron chi connectivity index (χ4n) is 12.4. The minimum Gasteiger partial charge on any atom is -0.507 e. The maximum atomic E-state index is 14.2. The highest BCUT2D eigenvalue weighted by Gasteiger charge is 2.39. The number of carbonyl (C=O) groups is 5. The summed E-state index contributed by atoms with van der Waals surface area (Å²) in [5.74, 6) is -19.2. The first-order valence-corrected chi connectivity index (χ1v) is 33.3. The second-order valence-electron chi connectivity index (χ2n) is 25.7. The van der Waals surface area contributed by atoms with Gasteiger partial charge in [-0.25, -0.2) is 35.1 Å². The van der Waals surface area contributed by atoms with Crippen LogP contribution >= 0.6 is 0 Å². The van der Waals surface area contributed by atoms with Gasteiger partial charge in [-0.1, -0.05) is 49.4 Å². The van der Waals surface area contributed by atoms with Crippen molar-refractivity contribution in [3.05, 3.63) is 225 Å². The van der Waals surface area contributed by atoms with E-state index in [1.54, 1.807) is 31.2 Å². The second kappa shape index (κ2) is 30.9. The number of nitrogens with zero attached hydrogens (tertiary/aromatic N) is 5. The highest BCUT2D eigenvalue weighted by molar-refractivity contribution is 6.08. The molecule has 0 atom stereocenters. The number of anilines is 10. The molecule has 114 heavy (non-hydrogen) atoms. The number of hydrogen-bond donors (Lipinski definition) is 6. The number of rotatable bonds is 1. The Bertz CT molecular complexity index is 5700. The van der Waals surface area contributed by atoms with Crippen LogP contribution in [0.15, 0.2) is 133 Å². The Morgan fingerprint density at radius 3 is 1.12 bits per heavy atom. The maximum absolute atomic E-state index is 14.2. The van der Waals surface area contributed by atoms with Crippen LogP contribution in [0.25, 0.3) is 11.1 Å². The van der Waals surface area contributed by atoms with E-state index in [1.807, 2.05) is 38.1 Å². The molecule has 11 aromatic rings. The summed E-state index contributed by atoms with van der Waals surface area (Å²) in [6.07, 6.45) is 0. The lowest BCUT2D eigenvalue weighted by atomic mass is 10.0. The minimum atomic E-state index is -1.49. The van der Waals surface area contributed by atoms with Crippen LogP contribution in [-0.2, 0) is 24.0 Å². The summed E-state index contributed by atoms with van der Waals surface area (Å²) >= 11 is 0. The molecule has 0 saturated heterocycles. The number of phenols is 6. The van der Waals surface area contributed by atoms with Crippen LogP contribution in [-0.4, -0.2) is 60.2 Å². The van der Waals surface area contributed by atoms with Gasteiger partial charge in [-0.3, -0.25) is 48.5 Å². The van der Waals surface area contributed by atoms with E-state index in [9.17, 15) is 103 Å². The van der Waals surface area contributed by atoms with Crippen molar-refractivity contribution in [1.29, 1.82) is 0 Å². The van der Waals surface area contributed by atoms with E-state index in [4.69, 9.17) is 23.7 Å². The van der Waals surface area contributed by atoms with Crippen molar-refractivity contribution in [3.63, 3.8) is 0 Å². The first-order valence-electron chi connectivity index (χ1n) is 33.3. The number of hydrogen-bond acceptors (Lipinski definition) is 16. The van der Waals surface area contributed by atoms with Crippen molar-refractivity contribution >= 4 is 86.4 Å². The molecular weight excluding hydrogens is 1520 g/mol. The second-order valence-corrected chi connectivity index (χ2v) is 25.7. The number of carbonyl (C=O) groups excluding carboxylic acids is 5. The van der Waals surface area contributed by atoms with Gasteiger partial charge in [-0.15, -0.1) is 0 Å². The number of fused-ring (bicyclic) bond motifs is 10. The third-order valence-corrected chi connectivity index (χ3v) is 17.9. The molecule has 5 amide bonds. The predicted molar refractivity (Wildman–Crippen MR) is 394 cm³/mol. The lowest BCUT2D eigenvalue weighted by Gasteiger charge is -2.31. The zero-order valence-electron chi connectivity index (χ0n) is 60.4. The van der Waals surface area contributed by atoms with Crippen LogP contribution in [0.1, 0.15) is 69.9 Å². The van der Waals surface area contributed by atoms with Gasteiger partial charge in [0.2, 0.25) is 47.0 Å². The van der Waals surface area contributed by atoms with Gasteiger partial charge in [0, 0.05) is 100 Å². The summed E-state index contributed by atoms with van der Waals surface area (Å²) in [4.78, 5) is 65.3. The van der Waals surface area contributed by atoms with Gasteiger partial charge in [0.05, 0.1) is 56.9 Å². The Morgan fingerprint density at radius 2 is 0.632 bits per heavy atom. The molecule has 0 spiro atoms. The van der Waals surface area contributed by atoms with Crippen molar-refractivity contribution in [2.45, 2.75) is 76.7 Å². The van der Waals surface area contributed by atoms with E-state index in [0.29, 0.717) is 39.0 Å². The molecule has 0 aliphatic carbocycles. The standard InChI is InChI=1S/C21H16FNO4.C15H9F4NO3.3C15H11F2NO3.CH4/c1-11-3-5-13(6-4-11)14-7-16-20(9-18(14)25)27-21-10-19(26)15(22)8-17(21)23(16)12(2)24;1-5-7(16)3-9-14(11(5)18)23-15-10(20(9)6(2)21)4-8(17)13(22)12(15)19;1-7-3-14-11(4-9(7)16)18(8(2)19)12-5-10(17)13(20)6-15(12)21-14;1-7-3-4-10-12(5-7)21-15-11(18(10)8(2)19)6-9(16)14(20)13(15)17;1-7-3-4-9-14(12(7)16)21-15-10(18(9)8(2)19)5-6-11(20)13(15)17;/h3-10,25-26H,1-2H3;3-4,22H,1-2H3;3*3-6,20H,1-2H3;1H4. The number of amides is 5. The molecule has 5 heterocycles. The molecule has 0 bridgehead atoms. The largest absolute Gasteiger partial charge is 0.507 e. The number of halogens is 11. The maximum Gasteiger partial charge on any atom is 0.228 e. The van der Waals surface area contributed by atoms with Gasteiger partial charge in [0.15, 0.2) is 121 Å². The molecule has 0 unspecified atom stereocenters. The molecule has 588 valence electrons. The zero-order chi connectivity index (χ0) is 82.3. The smallest absolute Gasteiger partial charge is 0.228 e. The molecule has 11 aromatic carbocycles. The van der Waals surface area contributed by atoms with Crippen LogP contribution in [0.3, 0.4) is 0 Å². The molecule has 0 radical (unpaired) electrons. The summed E-state index contributed by atoms with van der Waals surface area (Å²) in [7, 11) is 0. The first kappa shape index (κ1) is 80.8. The molecule has 5 aliphatic rings. The van der Waals surface area contributed by atoms with Gasteiger partial charge in [0.25, 0.3) is 0 Å². The molecule has 0 saturated carbocycles. The summed E-state index contributed by atoms with van der Waals surface area (Å²) in [5, 5.41) is 57.6. The molecule has 32 heteroatoms. The minimum absolute atomic E-state index is 0. The Morgan fingerprint density at radius 1 is 0.281 bits per heavy atom. The van der Waals surface area contributed by atoms with Crippen molar-refractivity contribution < 1.29 is 127 Å². The Labute approximate surface area is 640 Å². The van der Waals surface area contributed by atoms with Crippen molar-refractivity contribution in [2.24, 2.45) is 0 Å². The molecule has 0 fully saturated rings. The van der Waals surface area contributed by atoms with E-state index < -0.39 is 134 Å². The van der Waals surface area contributed by atoms with Gasteiger partial charge in [-0.05, 0) is 99.3 Å². The quantitative estimate of drug-likeness (QED) is 0.0834. The van der Waals surface area contributed by atoms with E-state index in [0.717, 1.165) is 87.7 Å². The Balaban J connectivity index is 0.000000141. The Kier molecular flexibility index (Phi) is 21.9. The van der Waals surface area contributed by atoms with Crippen LogP contribution in [0.5, 0.6) is 92.0 Å². The summed E-state index contributed by atoms with van der Waals surface area (Å²) in [6.45, 7) is 14.3. The molecule has 5 aliphatic heterocycles. The van der Waals surface area contributed by atoms with Crippen molar-refractivity contribution in [3.8, 4) is 103 Å². The molecular formula is C82H62F11N5O16. The number of aromatic hydroxyl groups is 6. The van der Waals surface area contributed by atoms with E-state index in [2.05, 4.69) is 0 Å². The highest BCUT2D eigenvalue weighted by Crippen LogP contribution is 2.57. The van der Waals surface area contributed by atoms with E-state index in [-0.39, 0.29) is 110 Å². The molecule has 16 rings (SSSR count). The fraction of sp³-hybridized carbons (Fsp3) is 0.134. The van der Waals surface area contributed by atoms with Gasteiger partial charge in [-0.2, -0.15) is 13.2 Å². The number of benzene rings is 11. The Hall–Kier alpha value is -14.2. The summed E-state index contributed by atoms with van der Waals surface area (Å²) < 4.78 is 180. The average molecular weight is 1580 g/mol. The lowest BCUT2D eigenvalue weighted by molar-refractivity contribution is -0.116. The van der Waals surface area contributed by atoms with Gasteiger partial charge >= 0.3 is 0 Å². The van der Waals surface area contributed by atoms with Crippen LogP contribution < -0.4 is 48.2 Å². The topological polar surface area (TPSA) is 269 Å². The predicted octanol–water partition coefficient (Wildman–Crippen LogP) is 21.0. The monoisotopic (exact) mass is 1580 g/mol. The lowest BCUT2D eigenvalue weighted by Crippen LogP contribution is -2.27.